The van der Waals surface area contributed by atoms with Gasteiger partial charge in [0, 0.05) is 28.2 Å². The monoisotopic (exact) mass is 473 g/mol. The van der Waals surface area contributed by atoms with Crippen LogP contribution in [0.5, 0.6) is 0 Å². The number of aromatic nitrogens is 1. The van der Waals surface area contributed by atoms with Crippen molar-refractivity contribution in [3.8, 4) is 0 Å². The molecule has 7 heteroatoms. The normalized spacial score (nSPS) is 15.1. The van der Waals surface area contributed by atoms with Gasteiger partial charge in [-0.3, -0.25) is 0 Å². The standard InChI is InChI=1S/C27H24ClN3O3/c1-16-7-9-17(10-8-16)25-24-19(21-15-18(28)11-12-23(21)29-24)13-14-31(25)27(33)30-22-6-4-3-5-20(22)26(32)34-2/h3-12,15,25,29H,13-14H2,1-2H3,(H,30,33)/t25-/m0/s1. The van der Waals surface area contributed by atoms with Gasteiger partial charge in [0.15, 0.2) is 0 Å². The number of anilines is 1. The number of esters is 1. The van der Waals surface area contributed by atoms with Gasteiger partial charge in [-0.25, -0.2) is 9.59 Å². The Morgan fingerprint density at radius 3 is 2.62 bits per heavy atom. The summed E-state index contributed by atoms with van der Waals surface area (Å²) in [7, 11) is 1.32. The molecule has 2 amide bonds. The molecule has 172 valence electrons. The summed E-state index contributed by atoms with van der Waals surface area (Å²) < 4.78 is 4.88. The lowest BCUT2D eigenvalue weighted by molar-refractivity contribution is 0.0602. The summed E-state index contributed by atoms with van der Waals surface area (Å²) >= 11 is 6.28. The number of urea groups is 1. The van der Waals surface area contributed by atoms with Crippen LogP contribution < -0.4 is 5.32 Å². The van der Waals surface area contributed by atoms with Crippen LogP contribution in [0.3, 0.4) is 0 Å². The number of methoxy groups -OCH3 is 1. The number of aryl methyl sites for hydroxylation is 1. The predicted octanol–water partition coefficient (Wildman–Crippen LogP) is 6.10. The number of nitrogens with one attached hydrogen (secondary N) is 2. The molecule has 1 atom stereocenters. The van der Waals surface area contributed by atoms with Gasteiger partial charge in [-0.05, 0) is 54.8 Å². The number of ether oxygens (including phenoxy) is 1. The third kappa shape index (κ3) is 3.90. The maximum absolute atomic E-state index is 13.6. The first-order chi connectivity index (χ1) is 16.5. The van der Waals surface area contributed by atoms with E-state index in [1.54, 1.807) is 29.2 Å². The summed E-state index contributed by atoms with van der Waals surface area (Å²) in [6, 6.07) is 20.2. The van der Waals surface area contributed by atoms with Gasteiger partial charge in [0.05, 0.1) is 24.4 Å². The van der Waals surface area contributed by atoms with E-state index in [0.717, 1.165) is 27.7 Å². The highest BCUT2D eigenvalue weighted by Gasteiger charge is 2.35. The molecule has 0 fully saturated rings. The van der Waals surface area contributed by atoms with Crippen LogP contribution in [0.1, 0.15) is 38.8 Å². The molecule has 1 aliphatic heterocycles. The number of hydrogen-bond acceptors (Lipinski definition) is 3. The molecule has 0 unspecified atom stereocenters. The fourth-order valence-electron chi connectivity index (χ4n) is 4.64. The van der Waals surface area contributed by atoms with E-state index in [4.69, 9.17) is 16.3 Å². The van der Waals surface area contributed by atoms with E-state index in [-0.39, 0.29) is 12.1 Å². The van der Waals surface area contributed by atoms with Gasteiger partial charge in [-0.2, -0.15) is 0 Å². The van der Waals surface area contributed by atoms with Crippen molar-refractivity contribution in [1.29, 1.82) is 0 Å². The Kier molecular flexibility index (Phi) is 5.75. The summed E-state index contributed by atoms with van der Waals surface area (Å²) in [5, 5.41) is 4.69. The number of aromatic amines is 1. The molecular formula is C27H24ClN3O3. The van der Waals surface area contributed by atoms with Crippen molar-refractivity contribution >= 4 is 40.2 Å². The smallest absolute Gasteiger partial charge is 0.339 e. The van der Waals surface area contributed by atoms with Crippen molar-refractivity contribution in [2.75, 3.05) is 19.0 Å². The molecule has 0 bridgehead atoms. The summed E-state index contributed by atoms with van der Waals surface area (Å²) in [4.78, 5) is 31.1. The van der Waals surface area contributed by atoms with Crippen LogP contribution in [0.4, 0.5) is 10.5 Å². The molecule has 2 heterocycles. The molecule has 3 aromatic carbocycles. The quantitative estimate of drug-likeness (QED) is 0.353. The Labute approximate surface area is 202 Å². The van der Waals surface area contributed by atoms with E-state index in [1.165, 1.54) is 12.7 Å². The number of halogens is 1. The summed E-state index contributed by atoms with van der Waals surface area (Å²) in [6.45, 7) is 2.55. The van der Waals surface area contributed by atoms with E-state index in [2.05, 4.69) is 22.4 Å². The summed E-state index contributed by atoms with van der Waals surface area (Å²) in [6.07, 6.45) is 0.685. The fraction of sp³-hybridized carbons (Fsp3) is 0.185. The third-order valence-electron chi connectivity index (χ3n) is 6.32. The summed E-state index contributed by atoms with van der Waals surface area (Å²) in [5.41, 5.74) is 6.00. The second-order valence-corrected chi connectivity index (χ2v) is 8.87. The number of benzene rings is 3. The highest BCUT2D eigenvalue weighted by Crippen LogP contribution is 2.39. The minimum absolute atomic E-state index is 0.288. The third-order valence-corrected chi connectivity index (χ3v) is 6.55. The first-order valence-electron chi connectivity index (χ1n) is 11.1. The summed E-state index contributed by atoms with van der Waals surface area (Å²) in [5.74, 6) is -0.501. The zero-order valence-corrected chi connectivity index (χ0v) is 19.6. The van der Waals surface area contributed by atoms with Crippen molar-refractivity contribution in [3.63, 3.8) is 0 Å². The number of para-hydroxylation sites is 1. The van der Waals surface area contributed by atoms with Crippen LogP contribution in [0.2, 0.25) is 5.02 Å². The van der Waals surface area contributed by atoms with Crippen molar-refractivity contribution in [3.05, 3.63) is 99.7 Å². The van der Waals surface area contributed by atoms with Gasteiger partial charge in [0.25, 0.3) is 0 Å². The first kappa shape index (κ1) is 22.0. The Morgan fingerprint density at radius 1 is 1.09 bits per heavy atom. The molecule has 1 aromatic heterocycles. The SMILES string of the molecule is COC(=O)c1ccccc1NC(=O)N1CCc2c([nH]c3ccc(Cl)cc23)[C@@H]1c1ccc(C)cc1. The molecule has 6 nitrogen and oxygen atoms in total. The minimum Gasteiger partial charge on any atom is -0.465 e. The number of carbonyl (C=O) groups is 2. The van der Waals surface area contributed by atoms with Crippen molar-refractivity contribution in [2.24, 2.45) is 0 Å². The average molecular weight is 474 g/mol. The maximum atomic E-state index is 13.6. The van der Waals surface area contributed by atoms with Crippen molar-refractivity contribution in [1.82, 2.24) is 9.88 Å². The topological polar surface area (TPSA) is 74.4 Å². The highest BCUT2D eigenvalue weighted by molar-refractivity contribution is 6.31. The van der Waals surface area contributed by atoms with E-state index < -0.39 is 5.97 Å². The van der Waals surface area contributed by atoms with Gasteiger partial charge < -0.3 is 19.9 Å². The number of H-pyrrole nitrogens is 1. The molecule has 0 saturated carbocycles. The van der Waals surface area contributed by atoms with Crippen LogP contribution in [-0.4, -0.2) is 35.5 Å². The number of amides is 2. The van der Waals surface area contributed by atoms with Gasteiger partial charge in [-0.1, -0.05) is 53.6 Å². The first-order valence-corrected chi connectivity index (χ1v) is 11.5. The maximum Gasteiger partial charge on any atom is 0.339 e. The van der Waals surface area contributed by atoms with Gasteiger partial charge in [-0.15, -0.1) is 0 Å². The zero-order valence-electron chi connectivity index (χ0n) is 18.9. The minimum atomic E-state index is -0.501. The molecule has 5 rings (SSSR count). The Balaban J connectivity index is 1.57. The van der Waals surface area contributed by atoms with Crippen molar-refractivity contribution < 1.29 is 14.3 Å². The molecule has 0 spiro atoms. The number of nitrogens with zero attached hydrogens (tertiary/aromatic N) is 1. The Hall–Kier alpha value is -3.77. The Bertz CT molecular complexity index is 1390. The lowest BCUT2D eigenvalue weighted by Gasteiger charge is -2.36. The average Bonchev–Trinajstić information content (AvgIpc) is 3.21. The molecule has 34 heavy (non-hydrogen) atoms. The number of fused-ring (bicyclic) bond motifs is 3. The second-order valence-electron chi connectivity index (χ2n) is 8.43. The molecule has 0 radical (unpaired) electrons. The molecule has 1 aliphatic rings. The molecule has 0 aliphatic carbocycles. The predicted molar refractivity (Wildman–Crippen MR) is 134 cm³/mol. The zero-order chi connectivity index (χ0) is 23.8. The number of carbonyl (C=O) groups excluding carboxylic acids is 2. The van der Waals surface area contributed by atoms with Crippen LogP contribution in [0.25, 0.3) is 10.9 Å². The fourth-order valence-corrected chi connectivity index (χ4v) is 4.81. The molecule has 2 N–H and O–H groups in total. The van der Waals surface area contributed by atoms with E-state index in [9.17, 15) is 9.59 Å². The van der Waals surface area contributed by atoms with Gasteiger partial charge in [0.2, 0.25) is 0 Å². The van der Waals surface area contributed by atoms with Gasteiger partial charge in [0.1, 0.15) is 0 Å². The number of hydrogen-bond donors (Lipinski definition) is 2. The second kappa shape index (κ2) is 8.88. The lowest BCUT2D eigenvalue weighted by atomic mass is 9.92. The molecule has 4 aromatic rings. The van der Waals surface area contributed by atoms with E-state index in [1.807, 2.05) is 37.3 Å². The van der Waals surface area contributed by atoms with Crippen LogP contribution in [0, 0.1) is 6.92 Å². The molecule has 0 saturated heterocycles. The number of rotatable bonds is 3. The van der Waals surface area contributed by atoms with Crippen LogP contribution in [-0.2, 0) is 11.2 Å². The Morgan fingerprint density at radius 2 is 1.85 bits per heavy atom. The molecular weight excluding hydrogens is 450 g/mol. The van der Waals surface area contributed by atoms with Gasteiger partial charge >= 0.3 is 12.0 Å². The van der Waals surface area contributed by atoms with Crippen molar-refractivity contribution in [2.45, 2.75) is 19.4 Å². The largest absolute Gasteiger partial charge is 0.465 e. The highest BCUT2D eigenvalue weighted by atomic mass is 35.5. The van der Waals surface area contributed by atoms with E-state index in [0.29, 0.717) is 29.2 Å². The lowest BCUT2D eigenvalue weighted by Crippen LogP contribution is -2.43. The van der Waals surface area contributed by atoms with Crippen LogP contribution >= 0.6 is 11.6 Å². The van der Waals surface area contributed by atoms with Crippen LogP contribution in [0.15, 0.2) is 66.7 Å². The van der Waals surface area contributed by atoms with E-state index >= 15 is 0 Å².